The Balaban J connectivity index is 1.91. The molecule has 166 valence electrons. The van der Waals surface area contributed by atoms with E-state index in [0.29, 0.717) is 5.56 Å². The first-order valence-electron chi connectivity index (χ1n) is 10.5. The van der Waals surface area contributed by atoms with Crippen LogP contribution in [0.5, 0.6) is 0 Å². The standard InChI is InChI=1S/C25H27F3O2S/c1-3-4-8-16-24(22-9-6-5-7-10-22)17-15-21(18-19(24)2)20-11-13-23(14-12-20)31(29,30)25(26,27)28/h5-7,9-15,17-19H,3-4,8,16H2,1-2H3. The van der Waals surface area contributed by atoms with E-state index in [2.05, 4.69) is 38.1 Å². The number of hydrogen-bond acceptors (Lipinski definition) is 2. The zero-order valence-corrected chi connectivity index (χ0v) is 18.5. The lowest BCUT2D eigenvalue weighted by Crippen LogP contribution is -2.32. The second kappa shape index (κ2) is 9.03. The zero-order chi connectivity index (χ0) is 22.7. The predicted octanol–water partition coefficient (Wildman–Crippen LogP) is 7.09. The molecule has 0 spiro atoms. The summed E-state index contributed by atoms with van der Waals surface area (Å²) in [6, 6.07) is 15.3. The average molecular weight is 449 g/mol. The van der Waals surface area contributed by atoms with Gasteiger partial charge in [0.05, 0.1) is 4.90 Å². The Bertz CT molecular complexity index is 1050. The Hall–Kier alpha value is -2.34. The van der Waals surface area contributed by atoms with Crippen molar-refractivity contribution in [3.8, 4) is 0 Å². The summed E-state index contributed by atoms with van der Waals surface area (Å²) in [4.78, 5) is -0.740. The molecule has 2 nitrogen and oxygen atoms in total. The lowest BCUT2D eigenvalue weighted by Gasteiger charge is -2.39. The molecule has 2 aromatic carbocycles. The maximum atomic E-state index is 12.8. The first kappa shape index (κ1) is 23.3. The van der Waals surface area contributed by atoms with Crippen molar-refractivity contribution in [3.63, 3.8) is 0 Å². The Morgan fingerprint density at radius 2 is 1.61 bits per heavy atom. The number of allylic oxidation sites excluding steroid dienone is 4. The second-order valence-corrected chi connectivity index (χ2v) is 10.0. The van der Waals surface area contributed by atoms with Crippen molar-refractivity contribution >= 4 is 15.4 Å². The molecule has 2 aromatic rings. The van der Waals surface area contributed by atoms with Gasteiger partial charge in [-0.3, -0.25) is 0 Å². The third-order valence-corrected chi connectivity index (χ3v) is 7.61. The summed E-state index contributed by atoms with van der Waals surface area (Å²) in [7, 11) is -5.34. The maximum Gasteiger partial charge on any atom is 0.501 e. The molecule has 31 heavy (non-hydrogen) atoms. The molecule has 0 saturated carbocycles. The highest BCUT2D eigenvalue weighted by Gasteiger charge is 2.46. The fraction of sp³-hybridized carbons (Fsp3) is 0.360. The van der Waals surface area contributed by atoms with Gasteiger partial charge in [-0.2, -0.15) is 13.2 Å². The van der Waals surface area contributed by atoms with E-state index in [-0.39, 0.29) is 11.3 Å². The molecule has 0 bridgehead atoms. The van der Waals surface area contributed by atoms with E-state index in [1.807, 2.05) is 24.3 Å². The minimum absolute atomic E-state index is 0.139. The number of rotatable bonds is 7. The molecule has 0 amide bonds. The van der Waals surface area contributed by atoms with Gasteiger partial charge in [-0.15, -0.1) is 0 Å². The summed E-state index contributed by atoms with van der Waals surface area (Å²) < 4.78 is 61.6. The van der Waals surface area contributed by atoms with Gasteiger partial charge >= 0.3 is 5.51 Å². The lowest BCUT2D eigenvalue weighted by atomic mass is 9.65. The van der Waals surface area contributed by atoms with Gasteiger partial charge in [0.25, 0.3) is 9.84 Å². The lowest BCUT2D eigenvalue weighted by molar-refractivity contribution is -0.0436. The summed E-state index contributed by atoms with van der Waals surface area (Å²) in [5.41, 5.74) is -2.62. The quantitative estimate of drug-likeness (QED) is 0.424. The SMILES string of the molecule is CCCCCC1(c2ccccc2)C=CC(c2ccc(S(=O)(=O)C(F)(F)F)cc2)=CC1C. The summed E-state index contributed by atoms with van der Waals surface area (Å²) >= 11 is 0. The molecule has 0 aromatic heterocycles. The number of alkyl halides is 3. The summed E-state index contributed by atoms with van der Waals surface area (Å²) in [5, 5.41) is 0. The van der Waals surface area contributed by atoms with Gasteiger partial charge in [0.2, 0.25) is 0 Å². The first-order chi connectivity index (χ1) is 14.6. The van der Waals surface area contributed by atoms with E-state index in [1.165, 1.54) is 17.7 Å². The number of sulfone groups is 1. The van der Waals surface area contributed by atoms with Crippen LogP contribution in [0.25, 0.3) is 5.57 Å². The van der Waals surface area contributed by atoms with E-state index in [4.69, 9.17) is 0 Å². The number of hydrogen-bond donors (Lipinski definition) is 0. The van der Waals surface area contributed by atoms with Gasteiger partial charge in [0.1, 0.15) is 0 Å². The van der Waals surface area contributed by atoms with Crippen molar-refractivity contribution in [1.29, 1.82) is 0 Å². The fourth-order valence-corrected chi connectivity index (χ4v) is 5.01. The van der Waals surface area contributed by atoms with E-state index in [1.54, 1.807) is 0 Å². The molecule has 0 radical (unpaired) electrons. The molecule has 0 fully saturated rings. The highest BCUT2D eigenvalue weighted by atomic mass is 32.2. The van der Waals surface area contributed by atoms with Gasteiger partial charge in [0, 0.05) is 5.41 Å². The average Bonchev–Trinajstić information content (AvgIpc) is 2.75. The molecule has 3 rings (SSSR count). The van der Waals surface area contributed by atoms with E-state index >= 15 is 0 Å². The second-order valence-electron chi connectivity index (χ2n) is 8.08. The van der Waals surface area contributed by atoms with Crippen molar-refractivity contribution in [2.75, 3.05) is 0 Å². The van der Waals surface area contributed by atoms with Crippen LogP contribution in [0.1, 0.15) is 50.7 Å². The topological polar surface area (TPSA) is 34.1 Å². The Kier molecular flexibility index (Phi) is 6.79. The Morgan fingerprint density at radius 1 is 0.968 bits per heavy atom. The molecular weight excluding hydrogens is 421 g/mol. The molecule has 2 unspecified atom stereocenters. The number of benzene rings is 2. The van der Waals surface area contributed by atoms with E-state index in [9.17, 15) is 21.6 Å². The molecule has 1 aliphatic rings. The summed E-state index contributed by atoms with van der Waals surface area (Å²) in [5.74, 6) is 0.172. The smallest absolute Gasteiger partial charge is 0.214 e. The van der Waals surface area contributed by atoms with Crippen molar-refractivity contribution in [2.24, 2.45) is 5.92 Å². The zero-order valence-electron chi connectivity index (χ0n) is 17.7. The molecule has 2 atom stereocenters. The van der Waals surface area contributed by atoms with Crippen molar-refractivity contribution in [2.45, 2.75) is 55.3 Å². The summed E-state index contributed by atoms with van der Waals surface area (Å²) in [6.45, 7) is 4.33. The fourth-order valence-electron chi connectivity index (χ4n) is 4.25. The third kappa shape index (κ3) is 4.64. The number of halogens is 3. The van der Waals surface area contributed by atoms with Crippen LogP contribution in [0.3, 0.4) is 0 Å². The molecular formula is C25H27F3O2S. The van der Waals surface area contributed by atoms with Gasteiger partial charge in [0.15, 0.2) is 0 Å². The van der Waals surface area contributed by atoms with E-state index in [0.717, 1.165) is 43.4 Å². The van der Waals surface area contributed by atoms with Crippen LogP contribution in [0.15, 0.2) is 77.7 Å². The molecule has 0 N–H and O–H groups in total. The molecule has 0 heterocycles. The molecule has 1 aliphatic carbocycles. The van der Waals surface area contributed by atoms with Gasteiger partial charge in [-0.1, -0.05) is 93.8 Å². The predicted molar refractivity (Wildman–Crippen MR) is 118 cm³/mol. The molecule has 0 aliphatic heterocycles. The van der Waals surface area contributed by atoms with Gasteiger partial charge in [-0.05, 0) is 41.2 Å². The van der Waals surface area contributed by atoms with Crippen LogP contribution in [-0.4, -0.2) is 13.9 Å². The van der Waals surface area contributed by atoms with Gasteiger partial charge < -0.3 is 0 Å². The Morgan fingerprint density at radius 3 is 2.16 bits per heavy atom. The first-order valence-corrected chi connectivity index (χ1v) is 12.0. The summed E-state index contributed by atoms with van der Waals surface area (Å²) in [6.07, 6.45) is 10.7. The molecule has 0 saturated heterocycles. The van der Waals surface area contributed by atoms with Crippen LogP contribution < -0.4 is 0 Å². The number of unbranched alkanes of at least 4 members (excludes halogenated alkanes) is 2. The molecule has 6 heteroatoms. The minimum Gasteiger partial charge on any atom is -0.214 e. The largest absolute Gasteiger partial charge is 0.501 e. The van der Waals surface area contributed by atoms with Crippen LogP contribution >= 0.6 is 0 Å². The highest BCUT2D eigenvalue weighted by Crippen LogP contribution is 2.44. The minimum atomic E-state index is -5.34. The van der Waals surface area contributed by atoms with Crippen LogP contribution in [0.4, 0.5) is 13.2 Å². The van der Waals surface area contributed by atoms with Crippen molar-refractivity contribution in [3.05, 3.63) is 84.0 Å². The highest BCUT2D eigenvalue weighted by molar-refractivity contribution is 7.92. The van der Waals surface area contributed by atoms with Crippen LogP contribution in [-0.2, 0) is 15.3 Å². The monoisotopic (exact) mass is 448 g/mol. The van der Waals surface area contributed by atoms with Crippen LogP contribution in [0, 0.1) is 5.92 Å². The maximum absolute atomic E-state index is 12.8. The van der Waals surface area contributed by atoms with Crippen LogP contribution in [0.2, 0.25) is 0 Å². The van der Waals surface area contributed by atoms with E-state index < -0.39 is 20.2 Å². The third-order valence-electron chi connectivity index (χ3n) is 6.11. The van der Waals surface area contributed by atoms with Crippen molar-refractivity contribution < 1.29 is 21.6 Å². The Labute approximate surface area is 182 Å². The normalized spacial score (nSPS) is 21.7. The van der Waals surface area contributed by atoms with Crippen molar-refractivity contribution in [1.82, 2.24) is 0 Å². The van der Waals surface area contributed by atoms with Gasteiger partial charge in [-0.25, -0.2) is 8.42 Å².